The van der Waals surface area contributed by atoms with Gasteiger partial charge in [-0.05, 0) is 37.9 Å². The maximum Gasteiger partial charge on any atom is 0.337 e. The fourth-order valence-corrected chi connectivity index (χ4v) is 4.84. The third-order valence-electron chi connectivity index (χ3n) is 6.68. The number of nitro groups is 1. The van der Waals surface area contributed by atoms with E-state index in [1.807, 2.05) is 42.2 Å². The van der Waals surface area contributed by atoms with Gasteiger partial charge in [-0.3, -0.25) is 10.1 Å². The molecule has 0 aromatic heterocycles. The van der Waals surface area contributed by atoms with Crippen molar-refractivity contribution in [1.82, 2.24) is 10.2 Å². The Bertz CT molecular complexity index is 1230. The Morgan fingerprint density at radius 2 is 1.75 bits per heavy atom. The lowest BCUT2D eigenvalue weighted by molar-refractivity contribution is -0.384. The molecule has 2 atom stereocenters. The fraction of sp³-hybridized carbons (Fsp3) is 0.333. The molecule has 1 fully saturated rings. The Hall–Kier alpha value is -3.98. The van der Waals surface area contributed by atoms with Gasteiger partial charge in [-0.25, -0.2) is 9.59 Å². The molecule has 9 nitrogen and oxygen atoms in total. The van der Waals surface area contributed by atoms with Gasteiger partial charge in [0.15, 0.2) is 0 Å². The van der Waals surface area contributed by atoms with Crippen LogP contribution in [-0.4, -0.2) is 48.1 Å². The van der Waals surface area contributed by atoms with Gasteiger partial charge in [-0.2, -0.15) is 0 Å². The number of carbonyl (C=O) groups excluding carboxylic acids is 2. The van der Waals surface area contributed by atoms with E-state index < -0.39 is 22.8 Å². The molecule has 0 saturated carbocycles. The number of nitrogens with one attached hydrogen (secondary N) is 1. The highest BCUT2D eigenvalue weighted by molar-refractivity contribution is 6.00. The molecule has 1 N–H and O–H groups in total. The van der Waals surface area contributed by atoms with Gasteiger partial charge in [0.25, 0.3) is 5.69 Å². The van der Waals surface area contributed by atoms with Gasteiger partial charge in [0, 0.05) is 36.6 Å². The van der Waals surface area contributed by atoms with Crippen LogP contribution in [0.1, 0.15) is 37.3 Å². The molecule has 0 amide bonds. The van der Waals surface area contributed by atoms with Crippen molar-refractivity contribution >= 4 is 17.6 Å². The predicted octanol–water partition coefficient (Wildman–Crippen LogP) is 3.82. The quantitative estimate of drug-likeness (QED) is 0.354. The lowest BCUT2D eigenvalue weighted by atomic mass is 9.79. The van der Waals surface area contributed by atoms with Gasteiger partial charge in [0.2, 0.25) is 0 Å². The van der Waals surface area contributed by atoms with Crippen LogP contribution >= 0.6 is 0 Å². The maximum atomic E-state index is 13.7. The van der Waals surface area contributed by atoms with Crippen LogP contribution in [0.4, 0.5) is 5.69 Å². The second-order valence-corrected chi connectivity index (χ2v) is 8.87. The molecule has 0 spiro atoms. The van der Waals surface area contributed by atoms with Gasteiger partial charge in [0.05, 0.1) is 29.1 Å². The highest BCUT2D eigenvalue weighted by Crippen LogP contribution is 2.44. The molecule has 36 heavy (non-hydrogen) atoms. The summed E-state index contributed by atoms with van der Waals surface area (Å²) < 4.78 is 11.0. The van der Waals surface area contributed by atoms with Crippen molar-refractivity contribution in [2.45, 2.75) is 38.8 Å². The van der Waals surface area contributed by atoms with Crippen LogP contribution in [0.5, 0.6) is 0 Å². The summed E-state index contributed by atoms with van der Waals surface area (Å²) in [7, 11) is 1.28. The number of ether oxygens (including phenoxy) is 2. The smallest absolute Gasteiger partial charge is 0.337 e. The highest BCUT2D eigenvalue weighted by Gasteiger charge is 2.41. The van der Waals surface area contributed by atoms with Gasteiger partial charge in [0.1, 0.15) is 6.10 Å². The maximum absolute atomic E-state index is 13.7. The van der Waals surface area contributed by atoms with E-state index in [-0.39, 0.29) is 22.9 Å². The first kappa shape index (κ1) is 25.1. The number of carbonyl (C=O) groups is 2. The molecule has 2 aliphatic rings. The third-order valence-corrected chi connectivity index (χ3v) is 6.68. The van der Waals surface area contributed by atoms with Crippen LogP contribution in [0, 0.1) is 10.1 Å². The van der Waals surface area contributed by atoms with Crippen molar-refractivity contribution in [3.63, 3.8) is 0 Å². The molecular weight excluding hydrogens is 462 g/mol. The molecule has 4 rings (SSSR count). The molecule has 1 saturated heterocycles. The van der Waals surface area contributed by atoms with Crippen LogP contribution < -0.4 is 5.32 Å². The second kappa shape index (κ2) is 10.7. The van der Waals surface area contributed by atoms with Crippen LogP contribution in [-0.2, 0) is 25.6 Å². The zero-order valence-corrected chi connectivity index (χ0v) is 20.5. The fourth-order valence-electron chi connectivity index (χ4n) is 4.84. The van der Waals surface area contributed by atoms with Crippen molar-refractivity contribution < 1.29 is 24.0 Å². The first-order valence-electron chi connectivity index (χ1n) is 11.8. The lowest BCUT2D eigenvalue weighted by Gasteiger charge is -2.38. The molecule has 2 heterocycles. The van der Waals surface area contributed by atoms with E-state index >= 15 is 0 Å². The lowest BCUT2D eigenvalue weighted by Crippen LogP contribution is -2.36. The first-order chi connectivity index (χ1) is 17.3. The summed E-state index contributed by atoms with van der Waals surface area (Å²) in [6.07, 6.45) is 0.395. The largest absolute Gasteiger partial charge is 0.466 e. The normalized spacial score (nSPS) is 19.9. The van der Waals surface area contributed by atoms with Gasteiger partial charge >= 0.3 is 11.9 Å². The van der Waals surface area contributed by atoms with Gasteiger partial charge in [-0.1, -0.05) is 42.5 Å². The summed E-state index contributed by atoms with van der Waals surface area (Å²) in [5, 5.41) is 14.7. The number of esters is 2. The Morgan fingerprint density at radius 1 is 1.06 bits per heavy atom. The highest BCUT2D eigenvalue weighted by atomic mass is 16.6. The predicted molar refractivity (Wildman–Crippen MR) is 133 cm³/mol. The molecule has 0 radical (unpaired) electrons. The zero-order chi connectivity index (χ0) is 25.8. The summed E-state index contributed by atoms with van der Waals surface area (Å²) in [6, 6.07) is 15.7. The average Bonchev–Trinajstić information content (AvgIpc) is 3.39. The Kier molecular flexibility index (Phi) is 7.49. The number of hydrogen-bond donors (Lipinski definition) is 1. The standard InChI is InChI=1S/C27H29N3O6/c1-17-23(26(31)35-3)25(20-10-7-11-21(14-20)30(33)34)24(27(32)36-22-12-13-28-15-22)18(2)29(17)16-19-8-5-4-6-9-19/h4-11,14,22,25,28H,12-13,15-16H2,1-3H3. The van der Waals surface area contributed by atoms with Crippen molar-refractivity contribution in [3.8, 4) is 0 Å². The SMILES string of the molecule is COC(=O)C1=C(C)N(Cc2ccccc2)C(C)=C(C(=O)OC2CCNC2)C1c1cccc([N+](=O)[O-])c1. The van der Waals surface area contributed by atoms with Crippen molar-refractivity contribution in [1.29, 1.82) is 0 Å². The molecule has 2 unspecified atom stereocenters. The van der Waals surface area contributed by atoms with Crippen molar-refractivity contribution in [3.05, 3.63) is 98.4 Å². The van der Waals surface area contributed by atoms with Crippen LogP contribution in [0.25, 0.3) is 0 Å². The Morgan fingerprint density at radius 3 is 2.36 bits per heavy atom. The third kappa shape index (κ3) is 5.01. The van der Waals surface area contributed by atoms with Crippen LogP contribution in [0.3, 0.4) is 0 Å². The summed E-state index contributed by atoms with van der Waals surface area (Å²) in [5.41, 5.74) is 3.04. The van der Waals surface area contributed by atoms with Crippen molar-refractivity contribution in [2.75, 3.05) is 20.2 Å². The molecule has 2 aromatic rings. The van der Waals surface area contributed by atoms with E-state index in [2.05, 4.69) is 5.32 Å². The molecule has 2 aliphatic heterocycles. The molecular formula is C27H29N3O6. The minimum absolute atomic E-state index is 0.133. The number of nitrogens with zero attached hydrogens (tertiary/aromatic N) is 2. The van der Waals surface area contributed by atoms with E-state index in [9.17, 15) is 19.7 Å². The molecule has 2 aromatic carbocycles. The minimum atomic E-state index is -0.883. The Balaban J connectivity index is 1.88. The monoisotopic (exact) mass is 491 g/mol. The summed E-state index contributed by atoms with van der Waals surface area (Å²) in [5.74, 6) is -2.04. The van der Waals surface area contributed by atoms with E-state index in [1.165, 1.54) is 19.2 Å². The number of methoxy groups -OCH3 is 1. The summed E-state index contributed by atoms with van der Waals surface area (Å²) in [4.78, 5) is 39.8. The molecule has 9 heteroatoms. The second-order valence-electron chi connectivity index (χ2n) is 8.87. The number of benzene rings is 2. The zero-order valence-electron chi connectivity index (χ0n) is 20.5. The van der Waals surface area contributed by atoms with Gasteiger partial charge < -0.3 is 19.7 Å². The number of non-ortho nitro benzene ring substituents is 1. The summed E-state index contributed by atoms with van der Waals surface area (Å²) in [6.45, 7) is 5.33. The van der Waals surface area contributed by atoms with E-state index in [0.29, 0.717) is 36.5 Å². The molecule has 188 valence electrons. The van der Waals surface area contributed by atoms with Crippen LogP contribution in [0.2, 0.25) is 0 Å². The van der Waals surface area contributed by atoms with Crippen LogP contribution in [0.15, 0.2) is 77.1 Å². The number of rotatable bonds is 7. The number of nitro benzene ring substituents is 1. The van der Waals surface area contributed by atoms with Gasteiger partial charge in [-0.15, -0.1) is 0 Å². The number of allylic oxidation sites excluding steroid dienone is 2. The summed E-state index contributed by atoms with van der Waals surface area (Å²) >= 11 is 0. The molecule has 0 aliphatic carbocycles. The first-order valence-corrected chi connectivity index (χ1v) is 11.8. The van der Waals surface area contributed by atoms with E-state index in [0.717, 1.165) is 12.1 Å². The molecule has 0 bridgehead atoms. The van der Waals surface area contributed by atoms with E-state index in [4.69, 9.17) is 9.47 Å². The minimum Gasteiger partial charge on any atom is -0.466 e. The average molecular weight is 492 g/mol. The topological polar surface area (TPSA) is 111 Å². The van der Waals surface area contributed by atoms with Crippen molar-refractivity contribution in [2.24, 2.45) is 0 Å². The van der Waals surface area contributed by atoms with E-state index in [1.54, 1.807) is 19.1 Å². The Labute approximate surface area is 209 Å². The number of hydrogen-bond acceptors (Lipinski definition) is 8.